The summed E-state index contributed by atoms with van der Waals surface area (Å²) >= 11 is 3.38. The van der Waals surface area contributed by atoms with Gasteiger partial charge in [0, 0.05) is 22.5 Å². The fourth-order valence-electron chi connectivity index (χ4n) is 1.34. The van der Waals surface area contributed by atoms with Gasteiger partial charge in [0.2, 0.25) is 0 Å². The zero-order valence-electron chi connectivity index (χ0n) is 10.3. The summed E-state index contributed by atoms with van der Waals surface area (Å²) in [5, 5.41) is 14.1. The number of rotatable bonds is 4. The first kappa shape index (κ1) is 14.5. The second-order valence-electron chi connectivity index (χ2n) is 4.10. The van der Waals surface area contributed by atoms with Crippen molar-refractivity contribution in [2.75, 3.05) is 6.54 Å². The first-order valence-electron chi connectivity index (χ1n) is 5.47. The number of hydrogen-bond donors (Lipinski definition) is 3. The number of nitrogens with one attached hydrogen (secondary N) is 1. The van der Waals surface area contributed by atoms with E-state index in [4.69, 9.17) is 10.9 Å². The number of carbonyl (C=O) groups excluding carboxylic acids is 1. The molecule has 0 saturated carbocycles. The quantitative estimate of drug-likeness (QED) is 0.343. The zero-order valence-corrected chi connectivity index (χ0v) is 11.9. The molecule has 1 aromatic carbocycles. The lowest BCUT2D eigenvalue weighted by Crippen LogP contribution is -2.34. The molecule has 4 N–H and O–H groups in total. The highest BCUT2D eigenvalue weighted by molar-refractivity contribution is 9.10. The van der Waals surface area contributed by atoms with Gasteiger partial charge >= 0.3 is 0 Å². The van der Waals surface area contributed by atoms with Crippen LogP contribution in [0.15, 0.2) is 27.8 Å². The summed E-state index contributed by atoms with van der Waals surface area (Å²) in [5.41, 5.74) is 7.01. The Balaban J connectivity index is 2.63. The highest BCUT2D eigenvalue weighted by Gasteiger charge is 2.11. The molecule has 1 unspecified atom stereocenters. The minimum atomic E-state index is -0.213. The SMILES string of the molecule is Cc1cc(C(=O)NCC(C)/C(N)=N/O)ccc1Br. The number of hydrogen-bond acceptors (Lipinski definition) is 3. The Morgan fingerprint density at radius 2 is 2.28 bits per heavy atom. The summed E-state index contributed by atoms with van der Waals surface area (Å²) in [7, 11) is 0. The first-order chi connectivity index (χ1) is 8.45. The third-order valence-corrected chi connectivity index (χ3v) is 3.50. The van der Waals surface area contributed by atoms with Crippen LogP contribution in [0.1, 0.15) is 22.8 Å². The van der Waals surface area contributed by atoms with Crippen molar-refractivity contribution < 1.29 is 10.0 Å². The van der Waals surface area contributed by atoms with E-state index in [1.54, 1.807) is 19.1 Å². The average Bonchev–Trinajstić information content (AvgIpc) is 2.37. The third kappa shape index (κ3) is 3.73. The second kappa shape index (κ2) is 6.39. The van der Waals surface area contributed by atoms with E-state index >= 15 is 0 Å². The monoisotopic (exact) mass is 313 g/mol. The van der Waals surface area contributed by atoms with Crippen molar-refractivity contribution in [2.24, 2.45) is 16.8 Å². The molecule has 1 atom stereocenters. The molecule has 0 radical (unpaired) electrons. The summed E-state index contributed by atoms with van der Waals surface area (Å²) in [6.07, 6.45) is 0. The van der Waals surface area contributed by atoms with Gasteiger partial charge in [0.05, 0.1) is 0 Å². The normalized spacial score (nSPS) is 13.2. The maximum atomic E-state index is 11.9. The van der Waals surface area contributed by atoms with Crippen LogP contribution < -0.4 is 11.1 Å². The molecule has 6 heteroatoms. The molecule has 98 valence electrons. The van der Waals surface area contributed by atoms with Crippen molar-refractivity contribution in [1.29, 1.82) is 0 Å². The molecular weight excluding hydrogens is 298 g/mol. The minimum absolute atomic E-state index is 0.0993. The molecule has 0 aliphatic carbocycles. The molecule has 18 heavy (non-hydrogen) atoms. The van der Waals surface area contributed by atoms with E-state index in [1.165, 1.54) is 0 Å². The predicted octanol–water partition coefficient (Wildman–Crippen LogP) is 1.87. The average molecular weight is 314 g/mol. The molecular formula is C12H16BrN3O2. The number of oxime groups is 1. The Kier molecular flexibility index (Phi) is 5.15. The van der Waals surface area contributed by atoms with Gasteiger partial charge in [0.1, 0.15) is 5.84 Å². The molecule has 1 aromatic rings. The fraction of sp³-hybridized carbons (Fsp3) is 0.333. The molecule has 0 bridgehead atoms. The van der Waals surface area contributed by atoms with Crippen LogP contribution in [0.4, 0.5) is 0 Å². The van der Waals surface area contributed by atoms with Gasteiger partial charge in [-0.05, 0) is 30.7 Å². The molecule has 0 aliphatic heterocycles. The Morgan fingerprint density at radius 3 is 2.83 bits per heavy atom. The van der Waals surface area contributed by atoms with Crippen LogP contribution in [-0.4, -0.2) is 23.5 Å². The smallest absolute Gasteiger partial charge is 0.251 e. The van der Waals surface area contributed by atoms with Crippen LogP contribution in [0.25, 0.3) is 0 Å². The molecule has 0 aliphatic rings. The Bertz CT molecular complexity index is 474. The number of aryl methyl sites for hydroxylation is 1. The molecule has 0 saturated heterocycles. The Hall–Kier alpha value is -1.56. The van der Waals surface area contributed by atoms with E-state index in [2.05, 4.69) is 26.4 Å². The second-order valence-corrected chi connectivity index (χ2v) is 4.95. The van der Waals surface area contributed by atoms with Gasteiger partial charge in [-0.25, -0.2) is 0 Å². The topological polar surface area (TPSA) is 87.7 Å². The van der Waals surface area contributed by atoms with Crippen LogP contribution in [0.3, 0.4) is 0 Å². The van der Waals surface area contributed by atoms with Gasteiger partial charge in [0.25, 0.3) is 5.91 Å². The number of benzene rings is 1. The minimum Gasteiger partial charge on any atom is -0.409 e. The van der Waals surface area contributed by atoms with Crippen LogP contribution in [-0.2, 0) is 0 Å². The lowest BCUT2D eigenvalue weighted by atomic mass is 10.1. The zero-order chi connectivity index (χ0) is 13.7. The van der Waals surface area contributed by atoms with Crippen molar-refractivity contribution in [3.63, 3.8) is 0 Å². The first-order valence-corrected chi connectivity index (χ1v) is 6.26. The van der Waals surface area contributed by atoms with E-state index in [0.717, 1.165) is 10.0 Å². The molecule has 0 heterocycles. The largest absolute Gasteiger partial charge is 0.409 e. The van der Waals surface area contributed by atoms with Crippen molar-refractivity contribution >= 4 is 27.7 Å². The predicted molar refractivity (Wildman–Crippen MR) is 73.8 cm³/mol. The molecule has 0 spiro atoms. The Labute approximate surface area is 114 Å². The number of amidine groups is 1. The fourth-order valence-corrected chi connectivity index (χ4v) is 1.58. The van der Waals surface area contributed by atoms with E-state index < -0.39 is 0 Å². The van der Waals surface area contributed by atoms with E-state index in [9.17, 15) is 4.79 Å². The van der Waals surface area contributed by atoms with E-state index in [1.807, 2.05) is 13.0 Å². The van der Waals surface area contributed by atoms with Crippen LogP contribution in [0.2, 0.25) is 0 Å². The maximum Gasteiger partial charge on any atom is 0.251 e. The van der Waals surface area contributed by atoms with Crippen molar-refractivity contribution in [3.8, 4) is 0 Å². The summed E-state index contributed by atoms with van der Waals surface area (Å²) in [4.78, 5) is 11.9. The summed E-state index contributed by atoms with van der Waals surface area (Å²) in [5.74, 6) is -0.291. The number of carbonyl (C=O) groups is 1. The van der Waals surface area contributed by atoms with Crippen LogP contribution >= 0.6 is 15.9 Å². The lowest BCUT2D eigenvalue weighted by molar-refractivity contribution is 0.0951. The maximum absolute atomic E-state index is 11.9. The third-order valence-electron chi connectivity index (χ3n) is 2.61. The van der Waals surface area contributed by atoms with Gasteiger partial charge in [-0.15, -0.1) is 0 Å². The summed E-state index contributed by atoms with van der Waals surface area (Å²) < 4.78 is 0.962. The molecule has 0 aromatic heterocycles. The summed E-state index contributed by atoms with van der Waals surface area (Å²) in [6, 6.07) is 5.37. The van der Waals surface area contributed by atoms with Gasteiger partial charge in [-0.2, -0.15) is 0 Å². The molecule has 5 nitrogen and oxygen atoms in total. The van der Waals surface area contributed by atoms with E-state index in [-0.39, 0.29) is 17.7 Å². The van der Waals surface area contributed by atoms with Crippen LogP contribution in [0.5, 0.6) is 0 Å². The number of nitrogens with two attached hydrogens (primary N) is 1. The number of halogens is 1. The van der Waals surface area contributed by atoms with Gasteiger partial charge in [-0.3, -0.25) is 4.79 Å². The molecule has 0 fully saturated rings. The number of nitrogens with zero attached hydrogens (tertiary/aromatic N) is 1. The highest BCUT2D eigenvalue weighted by Crippen LogP contribution is 2.16. The van der Waals surface area contributed by atoms with Gasteiger partial charge in [-0.1, -0.05) is 28.0 Å². The van der Waals surface area contributed by atoms with Crippen molar-refractivity contribution in [3.05, 3.63) is 33.8 Å². The van der Waals surface area contributed by atoms with Gasteiger partial charge < -0.3 is 16.3 Å². The van der Waals surface area contributed by atoms with Crippen LogP contribution in [0, 0.1) is 12.8 Å². The number of amides is 1. The Morgan fingerprint density at radius 1 is 1.61 bits per heavy atom. The summed E-state index contributed by atoms with van der Waals surface area (Å²) in [6.45, 7) is 4.01. The highest BCUT2D eigenvalue weighted by atomic mass is 79.9. The van der Waals surface area contributed by atoms with Gasteiger partial charge in [0.15, 0.2) is 0 Å². The molecule has 1 amide bonds. The van der Waals surface area contributed by atoms with Crippen molar-refractivity contribution in [1.82, 2.24) is 5.32 Å². The molecule has 1 rings (SSSR count). The lowest BCUT2D eigenvalue weighted by Gasteiger charge is -2.11. The van der Waals surface area contributed by atoms with E-state index in [0.29, 0.717) is 12.1 Å². The van der Waals surface area contributed by atoms with Crippen molar-refractivity contribution in [2.45, 2.75) is 13.8 Å². The standard InChI is InChI=1S/C12H16BrN3O2/c1-7-5-9(3-4-10(7)13)12(17)15-6-8(2)11(14)16-18/h3-5,8,18H,6H2,1-2H3,(H2,14,16)(H,15,17).